The summed E-state index contributed by atoms with van der Waals surface area (Å²) in [5.74, 6) is 1.79. The Bertz CT molecular complexity index is 738. The van der Waals surface area contributed by atoms with Gasteiger partial charge in [-0.05, 0) is 42.3 Å². The molecule has 3 aromatic rings. The van der Waals surface area contributed by atoms with E-state index in [9.17, 15) is 0 Å². The van der Waals surface area contributed by atoms with E-state index in [0.29, 0.717) is 10.9 Å². The largest absolute Gasteiger partial charge is 0.497 e. The highest BCUT2D eigenvalue weighted by molar-refractivity contribution is 7.99. The zero-order valence-electron chi connectivity index (χ0n) is 11.7. The van der Waals surface area contributed by atoms with Crippen molar-refractivity contribution in [3.05, 3.63) is 48.0 Å². The molecular weight excluding hydrogens is 284 g/mol. The first kappa shape index (κ1) is 13.8. The molecule has 0 radical (unpaired) electrons. The minimum absolute atomic E-state index is 0.684. The molecule has 108 valence electrons. The number of nitrogen functional groups attached to an aromatic ring is 1. The van der Waals surface area contributed by atoms with Crippen LogP contribution in [0.2, 0.25) is 0 Å². The summed E-state index contributed by atoms with van der Waals surface area (Å²) in [5.41, 5.74) is 9.28. The number of hydrogen-bond acceptors (Lipinski definition) is 5. The number of methoxy groups -OCH3 is 1. The van der Waals surface area contributed by atoms with E-state index in [-0.39, 0.29) is 0 Å². The Morgan fingerprint density at radius 2 is 2.00 bits per heavy atom. The van der Waals surface area contributed by atoms with Crippen LogP contribution < -0.4 is 10.5 Å². The van der Waals surface area contributed by atoms with Crippen molar-refractivity contribution in [1.82, 2.24) is 4.98 Å². The molecule has 0 atom stereocenters. The van der Waals surface area contributed by atoms with Gasteiger partial charge in [-0.3, -0.25) is 0 Å². The molecule has 3 rings (SSSR count). The standard InChI is InChI=1S/C16H16N2O2S/c1-19-13-5-2-11(3-6-13)8-9-21-16-18-14-10-12(17)4-7-15(14)20-16/h2-7,10H,8-9,17H2,1H3. The van der Waals surface area contributed by atoms with Crippen LogP contribution in [0.4, 0.5) is 5.69 Å². The average molecular weight is 300 g/mol. The Morgan fingerprint density at radius 3 is 2.76 bits per heavy atom. The van der Waals surface area contributed by atoms with Crippen molar-refractivity contribution in [3.8, 4) is 5.75 Å². The fraction of sp³-hybridized carbons (Fsp3) is 0.188. The first-order chi connectivity index (χ1) is 10.2. The lowest BCUT2D eigenvalue weighted by Gasteiger charge is -2.02. The number of aryl methyl sites for hydroxylation is 1. The SMILES string of the molecule is COc1ccc(CCSc2nc3cc(N)ccc3o2)cc1. The molecule has 0 saturated carbocycles. The van der Waals surface area contributed by atoms with Crippen molar-refractivity contribution in [2.45, 2.75) is 11.6 Å². The maximum atomic E-state index is 5.73. The molecule has 21 heavy (non-hydrogen) atoms. The molecule has 0 spiro atoms. The molecule has 4 nitrogen and oxygen atoms in total. The van der Waals surface area contributed by atoms with Crippen LogP contribution in [0.25, 0.3) is 11.1 Å². The minimum Gasteiger partial charge on any atom is -0.497 e. The third kappa shape index (κ3) is 3.31. The van der Waals surface area contributed by atoms with Crippen molar-refractivity contribution in [1.29, 1.82) is 0 Å². The van der Waals surface area contributed by atoms with Gasteiger partial charge in [-0.15, -0.1) is 0 Å². The summed E-state index contributed by atoms with van der Waals surface area (Å²) >= 11 is 1.61. The Hall–Kier alpha value is -2.14. The zero-order valence-corrected chi connectivity index (χ0v) is 12.5. The van der Waals surface area contributed by atoms with Crippen LogP contribution in [0, 0.1) is 0 Å². The summed E-state index contributed by atoms with van der Waals surface area (Å²) in [6.45, 7) is 0. The number of benzene rings is 2. The lowest BCUT2D eigenvalue weighted by molar-refractivity contribution is 0.414. The number of oxazole rings is 1. The van der Waals surface area contributed by atoms with Crippen molar-refractivity contribution < 1.29 is 9.15 Å². The minimum atomic E-state index is 0.684. The molecule has 0 bridgehead atoms. The molecule has 0 fully saturated rings. The molecule has 5 heteroatoms. The van der Waals surface area contributed by atoms with E-state index in [1.807, 2.05) is 30.3 Å². The van der Waals surface area contributed by atoms with Crippen LogP contribution in [-0.2, 0) is 6.42 Å². The van der Waals surface area contributed by atoms with E-state index in [1.54, 1.807) is 18.9 Å². The quantitative estimate of drug-likeness (QED) is 0.574. The van der Waals surface area contributed by atoms with Crippen molar-refractivity contribution >= 4 is 28.5 Å². The van der Waals surface area contributed by atoms with Crippen molar-refractivity contribution in [2.24, 2.45) is 0 Å². The Morgan fingerprint density at radius 1 is 1.19 bits per heavy atom. The van der Waals surface area contributed by atoms with Gasteiger partial charge >= 0.3 is 0 Å². The van der Waals surface area contributed by atoms with E-state index in [0.717, 1.165) is 29.0 Å². The molecule has 1 heterocycles. The average Bonchev–Trinajstić information content (AvgIpc) is 2.89. The van der Waals surface area contributed by atoms with E-state index in [1.165, 1.54) is 5.56 Å². The Kier molecular flexibility index (Phi) is 4.01. The predicted octanol–water partition coefficient (Wildman–Crippen LogP) is 3.75. The molecular formula is C16H16N2O2S. The highest BCUT2D eigenvalue weighted by Gasteiger charge is 2.06. The second-order valence-corrected chi connectivity index (χ2v) is 5.70. The van der Waals surface area contributed by atoms with Crippen LogP contribution >= 0.6 is 11.8 Å². The van der Waals surface area contributed by atoms with E-state index in [2.05, 4.69) is 17.1 Å². The third-order valence-corrected chi connectivity index (χ3v) is 4.00. The smallest absolute Gasteiger partial charge is 0.256 e. The van der Waals surface area contributed by atoms with Gasteiger partial charge in [0.25, 0.3) is 5.22 Å². The van der Waals surface area contributed by atoms with Gasteiger partial charge in [0.15, 0.2) is 5.58 Å². The fourth-order valence-electron chi connectivity index (χ4n) is 2.03. The van der Waals surface area contributed by atoms with Gasteiger partial charge in [0.1, 0.15) is 11.3 Å². The van der Waals surface area contributed by atoms with Crippen molar-refractivity contribution in [3.63, 3.8) is 0 Å². The van der Waals surface area contributed by atoms with Crippen LogP contribution in [0.5, 0.6) is 5.75 Å². The molecule has 0 amide bonds. The summed E-state index contributed by atoms with van der Waals surface area (Å²) in [6.07, 6.45) is 0.954. The number of fused-ring (bicyclic) bond motifs is 1. The summed E-state index contributed by atoms with van der Waals surface area (Å²) in [4.78, 5) is 4.43. The number of hydrogen-bond donors (Lipinski definition) is 1. The number of ether oxygens (including phenoxy) is 1. The number of aromatic nitrogens is 1. The predicted molar refractivity (Wildman–Crippen MR) is 85.8 cm³/mol. The van der Waals surface area contributed by atoms with Gasteiger partial charge in [-0.1, -0.05) is 23.9 Å². The molecule has 0 aliphatic heterocycles. The first-order valence-electron chi connectivity index (χ1n) is 6.66. The monoisotopic (exact) mass is 300 g/mol. The number of anilines is 1. The Labute approximate surface area is 127 Å². The zero-order chi connectivity index (χ0) is 14.7. The maximum absolute atomic E-state index is 5.73. The molecule has 2 aromatic carbocycles. The van der Waals surface area contributed by atoms with E-state index < -0.39 is 0 Å². The number of rotatable bonds is 5. The van der Waals surface area contributed by atoms with E-state index in [4.69, 9.17) is 14.9 Å². The van der Waals surface area contributed by atoms with Gasteiger partial charge in [-0.25, -0.2) is 4.98 Å². The van der Waals surface area contributed by atoms with Gasteiger partial charge in [0.05, 0.1) is 7.11 Å². The number of nitrogens with two attached hydrogens (primary N) is 1. The highest BCUT2D eigenvalue weighted by atomic mass is 32.2. The summed E-state index contributed by atoms with van der Waals surface area (Å²) in [6, 6.07) is 13.6. The van der Waals surface area contributed by atoms with Gasteiger partial charge in [-0.2, -0.15) is 0 Å². The lowest BCUT2D eigenvalue weighted by atomic mass is 10.2. The molecule has 0 unspecified atom stereocenters. The molecule has 0 saturated heterocycles. The van der Waals surface area contributed by atoms with Gasteiger partial charge in [0, 0.05) is 11.4 Å². The number of thioether (sulfide) groups is 1. The van der Waals surface area contributed by atoms with Gasteiger partial charge in [0.2, 0.25) is 0 Å². The fourth-order valence-corrected chi connectivity index (χ4v) is 2.86. The van der Waals surface area contributed by atoms with Crippen LogP contribution in [0.1, 0.15) is 5.56 Å². The van der Waals surface area contributed by atoms with Crippen molar-refractivity contribution in [2.75, 3.05) is 18.6 Å². The summed E-state index contributed by atoms with van der Waals surface area (Å²) in [7, 11) is 1.67. The molecule has 0 aliphatic rings. The van der Waals surface area contributed by atoms with E-state index >= 15 is 0 Å². The first-order valence-corrected chi connectivity index (χ1v) is 7.65. The third-order valence-electron chi connectivity index (χ3n) is 3.17. The molecule has 1 aromatic heterocycles. The highest BCUT2D eigenvalue weighted by Crippen LogP contribution is 2.25. The van der Waals surface area contributed by atoms with Gasteiger partial charge < -0.3 is 14.9 Å². The second kappa shape index (κ2) is 6.10. The lowest BCUT2D eigenvalue weighted by Crippen LogP contribution is -1.89. The topological polar surface area (TPSA) is 61.3 Å². The molecule has 0 aliphatic carbocycles. The summed E-state index contributed by atoms with van der Waals surface area (Å²) in [5, 5.41) is 0.684. The normalized spacial score (nSPS) is 10.9. The maximum Gasteiger partial charge on any atom is 0.256 e. The summed E-state index contributed by atoms with van der Waals surface area (Å²) < 4.78 is 10.8. The second-order valence-electron chi connectivity index (χ2n) is 4.65. The van der Waals surface area contributed by atoms with Crippen LogP contribution in [-0.4, -0.2) is 17.8 Å². The number of nitrogens with zero attached hydrogens (tertiary/aromatic N) is 1. The molecule has 2 N–H and O–H groups in total. The van der Waals surface area contributed by atoms with Crippen LogP contribution in [0.3, 0.4) is 0 Å². The van der Waals surface area contributed by atoms with Crippen LogP contribution in [0.15, 0.2) is 52.1 Å². The Balaban J connectivity index is 1.60.